The van der Waals surface area contributed by atoms with Crippen LogP contribution in [0.5, 0.6) is 0 Å². The van der Waals surface area contributed by atoms with Gasteiger partial charge in [-0.2, -0.15) is 0 Å². The summed E-state index contributed by atoms with van der Waals surface area (Å²) >= 11 is 1.49. The summed E-state index contributed by atoms with van der Waals surface area (Å²) in [7, 11) is 0. The van der Waals surface area contributed by atoms with Crippen molar-refractivity contribution in [2.45, 2.75) is 19.8 Å². The Labute approximate surface area is 115 Å². The third kappa shape index (κ3) is 2.40. The molecule has 0 bridgehead atoms. The molecule has 2 aromatic heterocycles. The van der Waals surface area contributed by atoms with Gasteiger partial charge < -0.3 is 14.1 Å². The van der Waals surface area contributed by atoms with E-state index in [1.165, 1.54) is 11.3 Å². The number of nitrogens with zero attached hydrogens (tertiary/aromatic N) is 1. The van der Waals surface area contributed by atoms with Gasteiger partial charge in [-0.3, -0.25) is 4.79 Å². The van der Waals surface area contributed by atoms with Crippen LogP contribution in [-0.2, 0) is 11.2 Å². The average Bonchev–Trinajstić information content (AvgIpc) is 2.84. The van der Waals surface area contributed by atoms with Crippen LogP contribution in [0.4, 0.5) is 5.88 Å². The molecule has 4 nitrogen and oxygen atoms in total. The lowest BCUT2D eigenvalue weighted by Gasteiger charge is -2.27. The first-order valence-electron chi connectivity index (χ1n) is 6.66. The number of rotatable bonds is 3. The van der Waals surface area contributed by atoms with Gasteiger partial charge in [0.25, 0.3) is 0 Å². The maximum atomic E-state index is 12.2. The van der Waals surface area contributed by atoms with Crippen LogP contribution in [0.1, 0.15) is 18.9 Å². The van der Waals surface area contributed by atoms with Gasteiger partial charge >= 0.3 is 0 Å². The van der Waals surface area contributed by atoms with Crippen molar-refractivity contribution in [3.05, 3.63) is 27.2 Å². The van der Waals surface area contributed by atoms with Crippen molar-refractivity contribution in [2.75, 3.05) is 31.2 Å². The van der Waals surface area contributed by atoms with Crippen LogP contribution in [-0.4, -0.2) is 26.3 Å². The number of morpholine rings is 1. The standard InChI is InChI=1S/C14H17NO3S/c1-2-3-10-9-19-14-11(16)8-12(18-13(10)14)15-4-6-17-7-5-15/h8-9H,2-7H2,1H3. The third-order valence-corrected chi connectivity index (χ3v) is 4.37. The number of hydrogen-bond acceptors (Lipinski definition) is 5. The van der Waals surface area contributed by atoms with Crippen LogP contribution in [0.3, 0.4) is 0 Å². The molecule has 1 saturated heterocycles. The Balaban J connectivity index is 2.05. The minimum atomic E-state index is 0.0649. The van der Waals surface area contributed by atoms with Gasteiger partial charge in [-0.15, -0.1) is 11.3 Å². The Bertz CT molecular complexity index is 625. The van der Waals surface area contributed by atoms with Crippen LogP contribution in [0.2, 0.25) is 0 Å². The largest absolute Gasteiger partial charge is 0.439 e. The Morgan fingerprint density at radius 2 is 2.16 bits per heavy atom. The molecule has 102 valence electrons. The summed E-state index contributed by atoms with van der Waals surface area (Å²) in [5, 5.41) is 2.04. The zero-order valence-electron chi connectivity index (χ0n) is 11.0. The van der Waals surface area contributed by atoms with E-state index in [0.717, 1.165) is 41.8 Å². The van der Waals surface area contributed by atoms with Crippen molar-refractivity contribution in [2.24, 2.45) is 0 Å². The molecule has 0 unspecified atom stereocenters. The van der Waals surface area contributed by atoms with Crippen molar-refractivity contribution in [3.8, 4) is 0 Å². The molecule has 0 aliphatic carbocycles. The molecule has 1 aliphatic rings. The molecule has 19 heavy (non-hydrogen) atoms. The summed E-state index contributed by atoms with van der Waals surface area (Å²) in [5.41, 5.74) is 1.99. The number of ether oxygens (including phenoxy) is 1. The highest BCUT2D eigenvalue weighted by molar-refractivity contribution is 7.17. The van der Waals surface area contributed by atoms with Gasteiger partial charge in [-0.1, -0.05) is 13.3 Å². The van der Waals surface area contributed by atoms with Crippen LogP contribution < -0.4 is 10.3 Å². The van der Waals surface area contributed by atoms with E-state index in [2.05, 4.69) is 11.8 Å². The molecule has 3 heterocycles. The van der Waals surface area contributed by atoms with Gasteiger partial charge in [-0.25, -0.2) is 0 Å². The SMILES string of the molecule is CCCc1csc2c(=O)cc(N3CCOCC3)oc12. The third-order valence-electron chi connectivity index (χ3n) is 3.34. The van der Waals surface area contributed by atoms with E-state index in [-0.39, 0.29) is 5.43 Å². The maximum Gasteiger partial charge on any atom is 0.204 e. The normalized spacial score (nSPS) is 16.2. The topological polar surface area (TPSA) is 42.7 Å². The van der Waals surface area contributed by atoms with Crippen LogP contribution in [0.25, 0.3) is 10.3 Å². The summed E-state index contributed by atoms with van der Waals surface area (Å²) in [5.74, 6) is 0.677. The van der Waals surface area contributed by atoms with Crippen molar-refractivity contribution >= 4 is 27.5 Å². The zero-order chi connectivity index (χ0) is 13.2. The summed E-state index contributed by atoms with van der Waals surface area (Å²) in [6.07, 6.45) is 2.01. The number of hydrogen-bond donors (Lipinski definition) is 0. The second kappa shape index (κ2) is 5.35. The van der Waals surface area contributed by atoms with Crippen LogP contribution >= 0.6 is 11.3 Å². The molecular weight excluding hydrogens is 262 g/mol. The molecule has 2 aromatic rings. The van der Waals surface area contributed by atoms with Crippen LogP contribution in [0.15, 0.2) is 20.7 Å². The fourth-order valence-corrected chi connectivity index (χ4v) is 3.30. The minimum absolute atomic E-state index is 0.0649. The molecule has 3 rings (SSSR count). The van der Waals surface area contributed by atoms with Gasteiger partial charge in [0.15, 0.2) is 11.5 Å². The molecule has 5 heteroatoms. The summed E-state index contributed by atoms with van der Waals surface area (Å²) < 4.78 is 12.0. The quantitative estimate of drug-likeness (QED) is 0.866. The maximum absolute atomic E-state index is 12.2. The molecule has 0 aromatic carbocycles. The monoisotopic (exact) mass is 279 g/mol. The average molecular weight is 279 g/mol. The molecule has 0 spiro atoms. The lowest BCUT2D eigenvalue weighted by Crippen LogP contribution is -2.36. The summed E-state index contributed by atoms with van der Waals surface area (Å²) in [6.45, 7) is 5.07. The smallest absolute Gasteiger partial charge is 0.204 e. The number of thiophene rings is 1. The van der Waals surface area contributed by atoms with Crippen molar-refractivity contribution in [3.63, 3.8) is 0 Å². The zero-order valence-corrected chi connectivity index (χ0v) is 11.8. The van der Waals surface area contributed by atoms with Gasteiger partial charge in [0, 0.05) is 24.7 Å². The molecule has 1 aliphatic heterocycles. The molecular formula is C14H17NO3S. The predicted molar refractivity (Wildman–Crippen MR) is 77.4 cm³/mol. The van der Waals surface area contributed by atoms with Crippen molar-refractivity contribution in [1.82, 2.24) is 0 Å². The highest BCUT2D eigenvalue weighted by Crippen LogP contribution is 2.28. The first-order chi connectivity index (χ1) is 9.29. The first-order valence-corrected chi connectivity index (χ1v) is 7.54. The Morgan fingerprint density at radius 3 is 2.89 bits per heavy atom. The molecule has 0 amide bonds. The second-order valence-corrected chi connectivity index (χ2v) is 5.60. The Morgan fingerprint density at radius 1 is 1.37 bits per heavy atom. The predicted octanol–water partition coefficient (Wildman–Crippen LogP) is 2.64. The Hall–Kier alpha value is -1.33. The highest BCUT2D eigenvalue weighted by Gasteiger charge is 2.17. The van der Waals surface area contributed by atoms with Gasteiger partial charge in [0.2, 0.25) is 5.43 Å². The van der Waals surface area contributed by atoms with Crippen LogP contribution in [0, 0.1) is 0 Å². The summed E-state index contributed by atoms with van der Waals surface area (Å²) in [6, 6.07) is 1.61. The van der Waals surface area contributed by atoms with Crippen molar-refractivity contribution < 1.29 is 9.15 Å². The lowest BCUT2D eigenvalue weighted by atomic mass is 10.2. The first kappa shape index (κ1) is 12.7. The van der Waals surface area contributed by atoms with Gasteiger partial charge in [0.05, 0.1) is 13.2 Å². The minimum Gasteiger partial charge on any atom is -0.439 e. The number of anilines is 1. The van der Waals surface area contributed by atoms with E-state index in [4.69, 9.17) is 9.15 Å². The van der Waals surface area contributed by atoms with E-state index < -0.39 is 0 Å². The fourth-order valence-electron chi connectivity index (χ4n) is 2.36. The van der Waals surface area contributed by atoms with Gasteiger partial charge in [0.1, 0.15) is 4.70 Å². The highest BCUT2D eigenvalue weighted by atomic mass is 32.1. The summed E-state index contributed by atoms with van der Waals surface area (Å²) in [4.78, 5) is 14.2. The molecule has 0 atom stereocenters. The molecule has 0 N–H and O–H groups in total. The van der Waals surface area contributed by atoms with Crippen molar-refractivity contribution in [1.29, 1.82) is 0 Å². The molecule has 0 saturated carbocycles. The second-order valence-electron chi connectivity index (χ2n) is 4.72. The van der Waals surface area contributed by atoms with E-state index in [0.29, 0.717) is 19.1 Å². The van der Waals surface area contributed by atoms with E-state index in [9.17, 15) is 4.79 Å². The van der Waals surface area contributed by atoms with E-state index >= 15 is 0 Å². The van der Waals surface area contributed by atoms with E-state index in [1.807, 2.05) is 5.38 Å². The molecule has 0 radical (unpaired) electrons. The van der Waals surface area contributed by atoms with Gasteiger partial charge in [-0.05, 0) is 11.8 Å². The lowest BCUT2D eigenvalue weighted by molar-refractivity contribution is 0.121. The number of fused-ring (bicyclic) bond motifs is 1. The number of aryl methyl sites for hydroxylation is 1. The Kier molecular flexibility index (Phi) is 3.57. The molecule has 1 fully saturated rings. The fraction of sp³-hybridized carbons (Fsp3) is 0.500. The van der Waals surface area contributed by atoms with E-state index in [1.54, 1.807) is 6.07 Å².